The Balaban J connectivity index is 1.61. The Bertz CT molecular complexity index is 1050. The molecule has 2 aromatic rings. The van der Waals surface area contributed by atoms with Gasteiger partial charge in [0.05, 0.1) is 10.5 Å². The van der Waals surface area contributed by atoms with Crippen molar-refractivity contribution >= 4 is 27.6 Å². The van der Waals surface area contributed by atoms with Gasteiger partial charge in [-0.15, -0.1) is 0 Å². The lowest BCUT2D eigenvalue weighted by Crippen LogP contribution is -2.42. The first-order valence-electron chi connectivity index (χ1n) is 10.4. The van der Waals surface area contributed by atoms with Crippen LogP contribution in [-0.2, 0) is 19.6 Å². The minimum Gasteiger partial charge on any atom is -0.452 e. The number of amides is 1. The number of hydrogen-bond donors (Lipinski definition) is 2. The highest BCUT2D eigenvalue weighted by Crippen LogP contribution is 2.23. The van der Waals surface area contributed by atoms with Gasteiger partial charge >= 0.3 is 5.97 Å². The number of benzene rings is 2. The summed E-state index contributed by atoms with van der Waals surface area (Å²) in [6.45, 7) is 3.56. The Morgan fingerprint density at radius 1 is 1.06 bits per heavy atom. The molecular formula is C23H28N2O5S. The molecule has 1 fully saturated rings. The van der Waals surface area contributed by atoms with E-state index in [2.05, 4.69) is 17.0 Å². The molecule has 1 saturated carbocycles. The zero-order chi connectivity index (χ0) is 22.4. The van der Waals surface area contributed by atoms with Crippen LogP contribution in [0.25, 0.3) is 0 Å². The number of esters is 1. The van der Waals surface area contributed by atoms with Gasteiger partial charge in [-0.1, -0.05) is 38.0 Å². The number of aryl methyl sites for hydroxylation is 1. The third kappa shape index (κ3) is 6.30. The summed E-state index contributed by atoms with van der Waals surface area (Å²) in [7, 11) is -3.88. The molecule has 2 unspecified atom stereocenters. The van der Waals surface area contributed by atoms with Crippen LogP contribution in [0, 0.1) is 12.8 Å². The Kier molecular flexibility index (Phi) is 7.33. The van der Waals surface area contributed by atoms with Gasteiger partial charge in [-0.3, -0.25) is 9.52 Å². The molecule has 2 N–H and O–H groups in total. The van der Waals surface area contributed by atoms with Crippen molar-refractivity contribution in [1.29, 1.82) is 0 Å². The van der Waals surface area contributed by atoms with Crippen LogP contribution in [0.3, 0.4) is 0 Å². The van der Waals surface area contributed by atoms with Crippen LogP contribution >= 0.6 is 0 Å². The smallest absolute Gasteiger partial charge is 0.338 e. The maximum Gasteiger partial charge on any atom is 0.338 e. The Labute approximate surface area is 183 Å². The van der Waals surface area contributed by atoms with Crippen LogP contribution in [0.1, 0.15) is 48.5 Å². The van der Waals surface area contributed by atoms with Gasteiger partial charge in [0, 0.05) is 11.7 Å². The third-order valence-electron chi connectivity index (χ3n) is 5.44. The van der Waals surface area contributed by atoms with Gasteiger partial charge < -0.3 is 10.1 Å². The number of carbonyl (C=O) groups excluding carboxylic acids is 2. The van der Waals surface area contributed by atoms with Crippen molar-refractivity contribution in [3.8, 4) is 0 Å². The monoisotopic (exact) mass is 444 g/mol. The number of carbonyl (C=O) groups is 2. The number of rotatable bonds is 7. The van der Waals surface area contributed by atoms with Gasteiger partial charge in [-0.2, -0.15) is 0 Å². The minimum atomic E-state index is -3.88. The second kappa shape index (κ2) is 9.96. The van der Waals surface area contributed by atoms with Gasteiger partial charge in [-0.25, -0.2) is 13.2 Å². The largest absolute Gasteiger partial charge is 0.452 e. The van der Waals surface area contributed by atoms with E-state index < -0.39 is 22.6 Å². The predicted octanol–water partition coefficient (Wildman–Crippen LogP) is 3.65. The number of anilines is 1. The molecule has 0 spiro atoms. The third-order valence-corrected chi connectivity index (χ3v) is 6.82. The first kappa shape index (κ1) is 22.8. The van der Waals surface area contributed by atoms with E-state index in [1.807, 2.05) is 13.0 Å². The van der Waals surface area contributed by atoms with Crippen molar-refractivity contribution in [2.45, 2.75) is 50.5 Å². The number of hydrogen-bond acceptors (Lipinski definition) is 5. The normalized spacial score (nSPS) is 18.8. The van der Waals surface area contributed by atoms with E-state index >= 15 is 0 Å². The average molecular weight is 445 g/mol. The van der Waals surface area contributed by atoms with Crippen molar-refractivity contribution < 1.29 is 22.7 Å². The van der Waals surface area contributed by atoms with Crippen molar-refractivity contribution in [3.05, 3.63) is 59.7 Å². The molecule has 2 aromatic carbocycles. The van der Waals surface area contributed by atoms with E-state index in [4.69, 9.17) is 4.74 Å². The maximum atomic E-state index is 12.7. The second-order valence-electron chi connectivity index (χ2n) is 8.01. The molecule has 166 valence electrons. The highest BCUT2D eigenvalue weighted by molar-refractivity contribution is 7.92. The van der Waals surface area contributed by atoms with Crippen molar-refractivity contribution in [2.75, 3.05) is 11.3 Å². The summed E-state index contributed by atoms with van der Waals surface area (Å²) in [6.07, 6.45) is 4.24. The Hall–Kier alpha value is -2.87. The van der Waals surface area contributed by atoms with E-state index in [1.54, 1.807) is 18.2 Å². The number of nitrogens with one attached hydrogen (secondary N) is 2. The topological polar surface area (TPSA) is 102 Å². The second-order valence-corrected chi connectivity index (χ2v) is 9.70. The lowest BCUT2D eigenvalue weighted by molar-refractivity contribution is -0.125. The van der Waals surface area contributed by atoms with Gasteiger partial charge in [0.25, 0.3) is 15.9 Å². The zero-order valence-corrected chi connectivity index (χ0v) is 18.6. The number of sulfonamides is 1. The van der Waals surface area contributed by atoms with Gasteiger partial charge in [0.15, 0.2) is 6.61 Å². The highest BCUT2D eigenvalue weighted by atomic mass is 32.2. The van der Waals surface area contributed by atoms with E-state index in [0.29, 0.717) is 11.6 Å². The molecule has 0 bridgehead atoms. The summed E-state index contributed by atoms with van der Waals surface area (Å²) in [5.74, 6) is -0.701. The van der Waals surface area contributed by atoms with E-state index in [9.17, 15) is 18.0 Å². The maximum absolute atomic E-state index is 12.7. The van der Waals surface area contributed by atoms with Crippen LogP contribution in [0.15, 0.2) is 53.4 Å². The Morgan fingerprint density at radius 2 is 1.81 bits per heavy atom. The SMILES string of the molecule is Cc1cccc(NS(=O)(=O)c2cccc(C(=O)OCC(=O)NC3CCCCC3C)c2)c1. The molecule has 3 rings (SSSR count). The lowest BCUT2D eigenvalue weighted by atomic mass is 9.86. The fourth-order valence-corrected chi connectivity index (χ4v) is 4.80. The van der Waals surface area contributed by atoms with Gasteiger partial charge in [0.2, 0.25) is 0 Å². The fourth-order valence-electron chi connectivity index (χ4n) is 3.71. The first-order valence-corrected chi connectivity index (χ1v) is 11.9. The standard InChI is InChI=1S/C23H28N2O5S/c1-16-7-5-10-19(13-16)25-31(28,29)20-11-6-9-18(14-20)23(27)30-15-22(26)24-21-12-4-3-8-17(21)2/h5-7,9-11,13-14,17,21,25H,3-4,8,12,15H2,1-2H3,(H,24,26). The zero-order valence-electron chi connectivity index (χ0n) is 17.8. The highest BCUT2D eigenvalue weighted by Gasteiger charge is 2.23. The predicted molar refractivity (Wildman–Crippen MR) is 118 cm³/mol. The molecule has 0 aromatic heterocycles. The molecule has 1 amide bonds. The summed E-state index contributed by atoms with van der Waals surface area (Å²) in [5, 5.41) is 2.92. The van der Waals surface area contributed by atoms with Crippen molar-refractivity contribution in [3.63, 3.8) is 0 Å². The van der Waals surface area contributed by atoms with Crippen LogP contribution < -0.4 is 10.0 Å². The fraction of sp³-hybridized carbons (Fsp3) is 0.391. The van der Waals surface area contributed by atoms with E-state index in [0.717, 1.165) is 24.8 Å². The lowest BCUT2D eigenvalue weighted by Gasteiger charge is -2.29. The van der Waals surface area contributed by atoms with Gasteiger partial charge in [-0.05, 0) is 61.6 Å². The molecule has 7 nitrogen and oxygen atoms in total. The van der Waals surface area contributed by atoms with Crippen LogP contribution in [0.4, 0.5) is 5.69 Å². The first-order chi connectivity index (χ1) is 14.7. The molecule has 0 saturated heterocycles. The van der Waals surface area contributed by atoms with Crippen molar-refractivity contribution in [2.24, 2.45) is 5.92 Å². The summed E-state index contributed by atoms with van der Waals surface area (Å²) in [4.78, 5) is 24.5. The molecule has 0 heterocycles. The van der Waals surface area contributed by atoms with Gasteiger partial charge in [0.1, 0.15) is 0 Å². The molecule has 31 heavy (non-hydrogen) atoms. The summed E-state index contributed by atoms with van der Waals surface area (Å²) in [5.41, 5.74) is 1.41. The molecule has 8 heteroatoms. The molecule has 0 radical (unpaired) electrons. The molecule has 1 aliphatic carbocycles. The van der Waals surface area contributed by atoms with E-state index in [1.165, 1.54) is 30.7 Å². The Morgan fingerprint density at radius 3 is 2.55 bits per heavy atom. The molecule has 0 aliphatic heterocycles. The number of ether oxygens (including phenoxy) is 1. The summed E-state index contributed by atoms with van der Waals surface area (Å²) >= 11 is 0. The average Bonchev–Trinajstić information content (AvgIpc) is 2.73. The minimum absolute atomic E-state index is 0.0611. The van der Waals surface area contributed by atoms with Crippen LogP contribution in [-0.4, -0.2) is 32.9 Å². The van der Waals surface area contributed by atoms with Crippen LogP contribution in [0.2, 0.25) is 0 Å². The molecule has 2 atom stereocenters. The molecular weight excluding hydrogens is 416 g/mol. The van der Waals surface area contributed by atoms with Crippen molar-refractivity contribution in [1.82, 2.24) is 5.32 Å². The van der Waals surface area contributed by atoms with Crippen LogP contribution in [0.5, 0.6) is 0 Å². The quantitative estimate of drug-likeness (QED) is 0.635. The summed E-state index contributed by atoms with van der Waals surface area (Å²) in [6, 6.07) is 12.6. The summed E-state index contributed by atoms with van der Waals surface area (Å²) < 4.78 is 33.0. The molecule has 1 aliphatic rings. The van der Waals surface area contributed by atoms with E-state index in [-0.39, 0.29) is 22.4 Å².